The fourth-order valence-electron chi connectivity index (χ4n) is 1.50. The largest absolute Gasteiger partial charge is 0.484 e. The Hall–Kier alpha value is -1.55. The van der Waals surface area contributed by atoms with Gasteiger partial charge in [0.2, 0.25) is 0 Å². The molecule has 1 aliphatic heterocycles. The zero-order valence-corrected chi connectivity index (χ0v) is 9.31. The van der Waals surface area contributed by atoms with Gasteiger partial charge in [-0.2, -0.15) is 0 Å². The first-order chi connectivity index (χ1) is 7.75. The normalized spacial score (nSPS) is 15.2. The quantitative estimate of drug-likeness (QED) is 0.777. The molecule has 2 rings (SSSR count). The number of benzene rings is 1. The van der Waals surface area contributed by atoms with Gasteiger partial charge < -0.3 is 4.74 Å². The van der Waals surface area contributed by atoms with E-state index < -0.39 is 0 Å². The second kappa shape index (κ2) is 4.99. The van der Waals surface area contributed by atoms with Crippen LogP contribution in [-0.2, 0) is 9.63 Å². The van der Waals surface area contributed by atoms with Crippen molar-refractivity contribution in [2.24, 2.45) is 0 Å². The summed E-state index contributed by atoms with van der Waals surface area (Å²) in [7, 11) is 0. The highest BCUT2D eigenvalue weighted by Gasteiger charge is 2.19. The van der Waals surface area contributed by atoms with Crippen molar-refractivity contribution < 1.29 is 14.4 Å². The standard InChI is InChI=1S/C12H15NO3/c1-10-3-5-11(6-4-10)15-9-12(14)13-7-2-8-16-13/h3-6H,2,7-9H2,1H3. The van der Waals surface area contributed by atoms with E-state index in [1.807, 2.05) is 31.2 Å². The Bertz CT molecular complexity index is 355. The number of rotatable bonds is 3. The lowest BCUT2D eigenvalue weighted by Crippen LogP contribution is -2.31. The molecular formula is C12H15NO3. The summed E-state index contributed by atoms with van der Waals surface area (Å²) in [6.45, 7) is 3.32. The Labute approximate surface area is 94.7 Å². The molecule has 0 unspecified atom stereocenters. The minimum absolute atomic E-state index is 0.0308. The molecule has 4 heteroatoms. The summed E-state index contributed by atoms with van der Waals surface area (Å²) in [5.74, 6) is 0.580. The van der Waals surface area contributed by atoms with E-state index in [2.05, 4.69) is 0 Å². The van der Waals surface area contributed by atoms with Crippen molar-refractivity contribution >= 4 is 5.91 Å². The van der Waals surface area contributed by atoms with Gasteiger partial charge in [0.15, 0.2) is 6.61 Å². The molecule has 16 heavy (non-hydrogen) atoms. The fourth-order valence-corrected chi connectivity index (χ4v) is 1.50. The van der Waals surface area contributed by atoms with E-state index in [1.54, 1.807) is 0 Å². The first-order valence-corrected chi connectivity index (χ1v) is 5.38. The monoisotopic (exact) mass is 221 g/mol. The SMILES string of the molecule is Cc1ccc(OCC(=O)N2CCCO2)cc1. The van der Waals surface area contributed by atoms with Gasteiger partial charge in [-0.15, -0.1) is 0 Å². The third-order valence-electron chi connectivity index (χ3n) is 2.41. The number of ether oxygens (including phenoxy) is 1. The highest BCUT2D eigenvalue weighted by Crippen LogP contribution is 2.12. The van der Waals surface area contributed by atoms with Crippen molar-refractivity contribution in [1.82, 2.24) is 5.06 Å². The predicted molar refractivity (Wildman–Crippen MR) is 59.0 cm³/mol. The van der Waals surface area contributed by atoms with Crippen LogP contribution >= 0.6 is 0 Å². The molecule has 0 saturated carbocycles. The van der Waals surface area contributed by atoms with Crippen LogP contribution in [0.1, 0.15) is 12.0 Å². The van der Waals surface area contributed by atoms with Crippen LogP contribution in [0.4, 0.5) is 0 Å². The van der Waals surface area contributed by atoms with E-state index >= 15 is 0 Å². The maximum atomic E-state index is 11.6. The number of carbonyl (C=O) groups is 1. The van der Waals surface area contributed by atoms with E-state index in [-0.39, 0.29) is 12.5 Å². The Balaban J connectivity index is 1.82. The first-order valence-electron chi connectivity index (χ1n) is 5.38. The van der Waals surface area contributed by atoms with E-state index in [9.17, 15) is 4.79 Å². The van der Waals surface area contributed by atoms with Crippen LogP contribution in [0.25, 0.3) is 0 Å². The van der Waals surface area contributed by atoms with Crippen LogP contribution < -0.4 is 4.74 Å². The average molecular weight is 221 g/mol. The zero-order chi connectivity index (χ0) is 11.4. The van der Waals surface area contributed by atoms with Crippen molar-refractivity contribution in [3.8, 4) is 5.75 Å². The summed E-state index contributed by atoms with van der Waals surface area (Å²) in [6.07, 6.45) is 0.899. The number of amides is 1. The van der Waals surface area contributed by atoms with Crippen LogP contribution in [0.3, 0.4) is 0 Å². The molecule has 86 valence electrons. The summed E-state index contributed by atoms with van der Waals surface area (Å²) in [4.78, 5) is 16.7. The fraction of sp³-hybridized carbons (Fsp3) is 0.417. The number of nitrogens with zero attached hydrogens (tertiary/aromatic N) is 1. The predicted octanol–water partition coefficient (Wildman–Crippen LogP) is 1.54. The summed E-state index contributed by atoms with van der Waals surface area (Å²) in [6, 6.07) is 7.61. The topological polar surface area (TPSA) is 38.8 Å². The molecular weight excluding hydrogens is 206 g/mol. The van der Waals surface area contributed by atoms with Gasteiger partial charge in [0, 0.05) is 0 Å². The van der Waals surface area contributed by atoms with Crippen molar-refractivity contribution in [2.75, 3.05) is 19.8 Å². The third kappa shape index (κ3) is 2.73. The number of carbonyl (C=O) groups excluding carboxylic acids is 1. The summed E-state index contributed by atoms with van der Waals surface area (Å²) in [5.41, 5.74) is 1.17. The van der Waals surface area contributed by atoms with Crippen LogP contribution in [0, 0.1) is 6.92 Å². The molecule has 0 radical (unpaired) electrons. The first kappa shape index (κ1) is 11.0. The molecule has 1 aromatic carbocycles. The second-order valence-electron chi connectivity index (χ2n) is 3.78. The lowest BCUT2D eigenvalue weighted by atomic mass is 10.2. The van der Waals surface area contributed by atoms with Crippen molar-refractivity contribution in [2.45, 2.75) is 13.3 Å². The summed E-state index contributed by atoms with van der Waals surface area (Å²) >= 11 is 0. The number of aryl methyl sites for hydroxylation is 1. The Morgan fingerprint density at radius 1 is 1.44 bits per heavy atom. The Morgan fingerprint density at radius 3 is 2.81 bits per heavy atom. The van der Waals surface area contributed by atoms with Gasteiger partial charge in [-0.1, -0.05) is 17.7 Å². The van der Waals surface area contributed by atoms with Gasteiger partial charge in [0.05, 0.1) is 13.2 Å². The van der Waals surface area contributed by atoms with Gasteiger partial charge in [-0.25, -0.2) is 5.06 Å². The third-order valence-corrected chi connectivity index (χ3v) is 2.41. The Morgan fingerprint density at radius 2 is 2.19 bits per heavy atom. The van der Waals surface area contributed by atoms with E-state index in [0.717, 1.165) is 6.42 Å². The second-order valence-corrected chi connectivity index (χ2v) is 3.78. The molecule has 1 fully saturated rings. The van der Waals surface area contributed by atoms with Crippen molar-refractivity contribution in [3.63, 3.8) is 0 Å². The molecule has 1 heterocycles. The van der Waals surface area contributed by atoms with Gasteiger partial charge in [-0.3, -0.25) is 9.63 Å². The minimum Gasteiger partial charge on any atom is -0.484 e. The molecule has 1 amide bonds. The van der Waals surface area contributed by atoms with Gasteiger partial charge >= 0.3 is 0 Å². The summed E-state index contributed by atoms with van der Waals surface area (Å²) < 4.78 is 5.36. The summed E-state index contributed by atoms with van der Waals surface area (Å²) in [5, 5.41) is 1.37. The minimum atomic E-state index is -0.127. The van der Waals surface area contributed by atoms with Gasteiger partial charge in [0.25, 0.3) is 5.91 Å². The lowest BCUT2D eigenvalue weighted by molar-refractivity contribution is -0.170. The van der Waals surface area contributed by atoms with Crippen LogP contribution in [0.5, 0.6) is 5.75 Å². The highest BCUT2D eigenvalue weighted by molar-refractivity contribution is 5.76. The van der Waals surface area contributed by atoms with E-state index in [0.29, 0.717) is 18.9 Å². The van der Waals surface area contributed by atoms with Gasteiger partial charge in [-0.05, 0) is 25.5 Å². The molecule has 0 N–H and O–H groups in total. The van der Waals surface area contributed by atoms with Crippen molar-refractivity contribution in [1.29, 1.82) is 0 Å². The molecule has 0 bridgehead atoms. The highest BCUT2D eigenvalue weighted by atomic mass is 16.7. The van der Waals surface area contributed by atoms with Crippen LogP contribution in [0.2, 0.25) is 0 Å². The smallest absolute Gasteiger partial charge is 0.283 e. The lowest BCUT2D eigenvalue weighted by Gasteiger charge is -2.14. The molecule has 1 aromatic rings. The van der Waals surface area contributed by atoms with Crippen LogP contribution in [0.15, 0.2) is 24.3 Å². The molecule has 0 aromatic heterocycles. The molecule has 0 atom stereocenters. The average Bonchev–Trinajstić information content (AvgIpc) is 2.81. The Kier molecular flexibility index (Phi) is 3.41. The van der Waals surface area contributed by atoms with E-state index in [1.165, 1.54) is 10.6 Å². The molecule has 4 nitrogen and oxygen atoms in total. The maximum absolute atomic E-state index is 11.6. The van der Waals surface area contributed by atoms with Crippen molar-refractivity contribution in [3.05, 3.63) is 29.8 Å². The molecule has 1 saturated heterocycles. The molecule has 0 spiro atoms. The zero-order valence-electron chi connectivity index (χ0n) is 9.31. The van der Waals surface area contributed by atoms with Crippen LogP contribution in [-0.4, -0.2) is 30.7 Å². The number of hydroxylamine groups is 2. The molecule has 1 aliphatic rings. The molecule has 0 aliphatic carbocycles. The maximum Gasteiger partial charge on any atom is 0.283 e. The number of hydrogen-bond donors (Lipinski definition) is 0. The van der Waals surface area contributed by atoms with E-state index in [4.69, 9.17) is 9.57 Å². The number of hydrogen-bond acceptors (Lipinski definition) is 3. The van der Waals surface area contributed by atoms with Gasteiger partial charge in [0.1, 0.15) is 5.75 Å².